The van der Waals surface area contributed by atoms with E-state index in [1.54, 1.807) is 0 Å². The molecule has 0 radical (unpaired) electrons. The summed E-state index contributed by atoms with van der Waals surface area (Å²) in [6.07, 6.45) is 2.07. The maximum Gasteiger partial charge on any atom is 0.152 e. The van der Waals surface area contributed by atoms with Crippen molar-refractivity contribution in [3.05, 3.63) is 52.1 Å². The number of fused-ring (bicyclic) bond motifs is 1. The number of halogens is 1. The van der Waals surface area contributed by atoms with Crippen LogP contribution >= 0.6 is 11.6 Å². The third kappa shape index (κ3) is 3.76. The van der Waals surface area contributed by atoms with Crippen molar-refractivity contribution < 1.29 is 10.2 Å². The monoisotopic (exact) mass is 362 g/mol. The van der Waals surface area contributed by atoms with Crippen molar-refractivity contribution in [1.29, 1.82) is 0 Å². The van der Waals surface area contributed by atoms with Crippen molar-refractivity contribution in [3.63, 3.8) is 0 Å². The summed E-state index contributed by atoms with van der Waals surface area (Å²) in [5.74, 6) is 1.52. The quantitative estimate of drug-likeness (QED) is 0.775. The first-order valence-corrected chi connectivity index (χ1v) is 9.48. The summed E-state index contributed by atoms with van der Waals surface area (Å²) in [6.45, 7) is 6.50. The number of hydrogen-bond acceptors (Lipinski definition) is 3. The second kappa shape index (κ2) is 7.48. The van der Waals surface area contributed by atoms with Gasteiger partial charge in [0.15, 0.2) is 6.29 Å². The lowest BCUT2D eigenvalue weighted by Crippen LogP contribution is -2.22. The van der Waals surface area contributed by atoms with Crippen molar-refractivity contribution in [2.45, 2.75) is 70.6 Å². The van der Waals surface area contributed by atoms with Crippen LogP contribution in [0, 0.1) is 0 Å². The summed E-state index contributed by atoms with van der Waals surface area (Å²) in [5, 5.41) is 19.8. The second-order valence-corrected chi connectivity index (χ2v) is 7.80. The van der Waals surface area contributed by atoms with Gasteiger partial charge < -0.3 is 14.8 Å². The molecular formula is C20H27ClN2O2. The molecule has 0 saturated heterocycles. The Balaban J connectivity index is 2.10. The van der Waals surface area contributed by atoms with E-state index in [1.807, 2.05) is 12.1 Å². The average molecular weight is 363 g/mol. The molecule has 2 aromatic rings. The van der Waals surface area contributed by atoms with Crippen LogP contribution in [-0.2, 0) is 6.42 Å². The van der Waals surface area contributed by atoms with Gasteiger partial charge in [-0.3, -0.25) is 0 Å². The van der Waals surface area contributed by atoms with E-state index in [1.165, 1.54) is 11.3 Å². The molecule has 1 aliphatic rings. The number of imidazole rings is 1. The van der Waals surface area contributed by atoms with E-state index in [2.05, 4.69) is 37.5 Å². The van der Waals surface area contributed by atoms with E-state index in [0.717, 1.165) is 35.8 Å². The highest BCUT2D eigenvalue weighted by atomic mass is 35.5. The zero-order valence-electron chi connectivity index (χ0n) is 15.1. The molecule has 0 bridgehead atoms. The Kier molecular flexibility index (Phi) is 5.52. The van der Waals surface area contributed by atoms with Crippen LogP contribution in [0.1, 0.15) is 80.7 Å². The Hall–Kier alpha value is -1.36. The van der Waals surface area contributed by atoms with E-state index in [4.69, 9.17) is 16.6 Å². The van der Waals surface area contributed by atoms with Crippen LogP contribution in [-0.4, -0.2) is 26.1 Å². The smallest absolute Gasteiger partial charge is 0.152 e. The first-order chi connectivity index (χ1) is 11.9. The molecule has 5 heteroatoms. The molecular weight excluding hydrogens is 336 g/mol. The molecule has 1 aliphatic carbocycles. The van der Waals surface area contributed by atoms with Crippen LogP contribution in [0.15, 0.2) is 24.3 Å². The maximum absolute atomic E-state index is 9.53. The number of hydrogen-bond donors (Lipinski definition) is 2. The Labute approximate surface area is 154 Å². The molecule has 2 atom stereocenters. The summed E-state index contributed by atoms with van der Waals surface area (Å²) >= 11 is 6.04. The fourth-order valence-corrected chi connectivity index (χ4v) is 4.10. The fraction of sp³-hybridized carbons (Fsp3) is 0.550. The number of aliphatic hydroxyl groups is 2. The molecule has 25 heavy (non-hydrogen) atoms. The van der Waals surface area contributed by atoms with E-state index in [0.29, 0.717) is 12.3 Å². The van der Waals surface area contributed by atoms with Crippen LogP contribution in [0.3, 0.4) is 0 Å². The molecule has 0 amide bonds. The highest BCUT2D eigenvalue weighted by molar-refractivity contribution is 6.30. The third-order valence-electron chi connectivity index (χ3n) is 5.16. The minimum Gasteiger partial charge on any atom is -0.368 e. The molecule has 136 valence electrons. The Morgan fingerprint density at radius 1 is 1.20 bits per heavy atom. The first-order valence-electron chi connectivity index (χ1n) is 9.11. The molecule has 0 saturated carbocycles. The van der Waals surface area contributed by atoms with Gasteiger partial charge in [-0.1, -0.05) is 37.6 Å². The fourth-order valence-electron chi connectivity index (χ4n) is 3.97. The first kappa shape index (κ1) is 18.4. The van der Waals surface area contributed by atoms with E-state index in [-0.39, 0.29) is 12.0 Å². The number of benzene rings is 1. The highest BCUT2D eigenvalue weighted by Crippen LogP contribution is 2.39. The molecule has 2 unspecified atom stereocenters. The van der Waals surface area contributed by atoms with Gasteiger partial charge in [-0.15, -0.1) is 0 Å². The van der Waals surface area contributed by atoms with Crippen molar-refractivity contribution in [2.75, 3.05) is 0 Å². The van der Waals surface area contributed by atoms with E-state index < -0.39 is 6.29 Å². The maximum atomic E-state index is 9.53. The molecule has 3 rings (SSSR count). The number of aryl methyl sites for hydroxylation is 1. The number of nitrogens with zero attached hydrogens (tertiary/aromatic N) is 2. The zero-order chi connectivity index (χ0) is 18.1. The van der Waals surface area contributed by atoms with E-state index in [9.17, 15) is 10.2 Å². The normalized spacial score (nSPS) is 18.6. The molecule has 2 N–H and O–H groups in total. The van der Waals surface area contributed by atoms with E-state index >= 15 is 0 Å². The summed E-state index contributed by atoms with van der Waals surface area (Å²) in [7, 11) is 0. The van der Waals surface area contributed by atoms with Crippen molar-refractivity contribution in [2.24, 2.45) is 0 Å². The lowest BCUT2D eigenvalue weighted by Gasteiger charge is -2.29. The van der Waals surface area contributed by atoms with Crippen LogP contribution in [0.5, 0.6) is 0 Å². The van der Waals surface area contributed by atoms with Gasteiger partial charge in [0.1, 0.15) is 5.82 Å². The van der Waals surface area contributed by atoms with Gasteiger partial charge in [0, 0.05) is 29.0 Å². The zero-order valence-corrected chi connectivity index (χ0v) is 15.9. The van der Waals surface area contributed by atoms with Crippen molar-refractivity contribution >= 4 is 11.6 Å². The minimum atomic E-state index is -1.28. The van der Waals surface area contributed by atoms with Crippen LogP contribution in [0.25, 0.3) is 0 Å². The lowest BCUT2D eigenvalue weighted by molar-refractivity contribution is -0.0512. The van der Waals surface area contributed by atoms with Gasteiger partial charge in [-0.05, 0) is 43.9 Å². The van der Waals surface area contributed by atoms with Gasteiger partial charge in [-0.25, -0.2) is 4.98 Å². The summed E-state index contributed by atoms with van der Waals surface area (Å²) in [5.41, 5.74) is 3.49. The van der Waals surface area contributed by atoms with Gasteiger partial charge in [0.25, 0.3) is 0 Å². The molecule has 1 aromatic carbocycles. The van der Waals surface area contributed by atoms with Crippen LogP contribution < -0.4 is 0 Å². The number of rotatable bonds is 5. The predicted molar refractivity (Wildman–Crippen MR) is 100 cm³/mol. The van der Waals surface area contributed by atoms with Gasteiger partial charge >= 0.3 is 0 Å². The highest BCUT2D eigenvalue weighted by Gasteiger charge is 2.31. The third-order valence-corrected chi connectivity index (χ3v) is 5.41. The van der Waals surface area contributed by atoms with Gasteiger partial charge in [-0.2, -0.15) is 0 Å². The number of aliphatic hydroxyl groups excluding tert-OH is 1. The lowest BCUT2D eigenvalue weighted by atomic mass is 9.86. The van der Waals surface area contributed by atoms with Crippen LogP contribution in [0.2, 0.25) is 5.02 Å². The standard InChI is InChI=1S/C20H27ClN2O2/c1-12(2)20-22-17-6-4-5-15(11-18(24)25)19(17)23(20)13(3)14-7-9-16(21)10-8-14/h7-10,12-13,15,18,24-25H,4-6,11H2,1-3H3. The van der Waals surface area contributed by atoms with Gasteiger partial charge in [0.05, 0.1) is 11.7 Å². The summed E-state index contributed by atoms with van der Waals surface area (Å²) in [4.78, 5) is 4.95. The summed E-state index contributed by atoms with van der Waals surface area (Å²) in [6, 6.07) is 8.08. The predicted octanol–water partition coefficient (Wildman–Crippen LogP) is 4.39. The molecule has 1 heterocycles. The molecule has 0 spiro atoms. The SMILES string of the molecule is CC(C)c1nc2c(n1C(C)c1ccc(Cl)cc1)C(CC(O)O)CCC2. The van der Waals surface area contributed by atoms with Crippen molar-refractivity contribution in [1.82, 2.24) is 9.55 Å². The largest absolute Gasteiger partial charge is 0.368 e. The summed E-state index contributed by atoms with van der Waals surface area (Å²) < 4.78 is 2.33. The molecule has 4 nitrogen and oxygen atoms in total. The Morgan fingerprint density at radius 3 is 2.48 bits per heavy atom. The molecule has 0 aliphatic heterocycles. The average Bonchev–Trinajstić information content (AvgIpc) is 2.95. The number of aromatic nitrogens is 2. The van der Waals surface area contributed by atoms with Gasteiger partial charge in [0.2, 0.25) is 0 Å². The topological polar surface area (TPSA) is 58.3 Å². The molecule has 1 aromatic heterocycles. The Morgan fingerprint density at radius 2 is 1.88 bits per heavy atom. The second-order valence-electron chi connectivity index (χ2n) is 7.36. The van der Waals surface area contributed by atoms with Crippen LogP contribution in [0.4, 0.5) is 0 Å². The minimum absolute atomic E-state index is 0.127. The Bertz CT molecular complexity index is 722. The van der Waals surface area contributed by atoms with Crippen molar-refractivity contribution in [3.8, 4) is 0 Å². The molecule has 0 fully saturated rings.